The Bertz CT molecular complexity index is 1280. The van der Waals surface area contributed by atoms with Crippen molar-refractivity contribution in [3.8, 4) is 0 Å². The first-order chi connectivity index (χ1) is 19.9. The summed E-state index contributed by atoms with van der Waals surface area (Å²) in [6.45, 7) is 2.99. The number of carboxylic acids is 1. The van der Waals surface area contributed by atoms with E-state index in [9.17, 15) is 34.8 Å². The van der Waals surface area contributed by atoms with Crippen molar-refractivity contribution in [1.82, 2.24) is 5.32 Å². The van der Waals surface area contributed by atoms with Gasteiger partial charge in [0.05, 0.1) is 11.8 Å². The third kappa shape index (κ3) is 5.18. The predicted octanol–water partition coefficient (Wildman–Crippen LogP) is 2.40. The molecular weight excluding hydrogens is 540 g/mol. The highest BCUT2D eigenvalue weighted by Crippen LogP contribution is 2.67. The van der Waals surface area contributed by atoms with E-state index >= 15 is 0 Å². The summed E-state index contributed by atoms with van der Waals surface area (Å²) < 4.78 is 0. The lowest BCUT2D eigenvalue weighted by atomic mass is 9.45. The molecule has 0 bridgehead atoms. The fourth-order valence-corrected chi connectivity index (χ4v) is 8.82. The molecule has 10 nitrogen and oxygen atoms in total. The number of aliphatic carboxylic acids is 1. The molecule has 5 rings (SSSR count). The molecule has 1 amide bonds. The van der Waals surface area contributed by atoms with Crippen LogP contribution >= 0.6 is 0 Å². The van der Waals surface area contributed by atoms with Crippen LogP contribution in [-0.2, 0) is 25.6 Å². The topological polar surface area (TPSA) is 166 Å². The van der Waals surface area contributed by atoms with E-state index in [1.54, 1.807) is 12.1 Å². The van der Waals surface area contributed by atoms with Crippen molar-refractivity contribution in [2.24, 2.45) is 33.7 Å². The normalized spacial score (nSPS) is 37.1. The zero-order chi connectivity index (χ0) is 30.3. The minimum Gasteiger partial charge on any atom is -0.480 e. The minimum absolute atomic E-state index is 0.0204. The molecule has 4 aliphatic carbocycles. The van der Waals surface area contributed by atoms with Gasteiger partial charge in [0.25, 0.3) is 5.91 Å². The molecular formula is C32H42N2O8. The number of allylic oxidation sites excluding steroid dienone is 2. The van der Waals surface area contributed by atoms with Gasteiger partial charge in [-0.1, -0.05) is 54.9 Å². The van der Waals surface area contributed by atoms with Gasteiger partial charge < -0.3 is 30.6 Å². The van der Waals surface area contributed by atoms with Crippen molar-refractivity contribution in [2.45, 2.75) is 83.0 Å². The monoisotopic (exact) mass is 582 g/mol. The van der Waals surface area contributed by atoms with E-state index < -0.39 is 54.0 Å². The molecule has 0 unspecified atom stereocenters. The smallest absolute Gasteiger partial charge is 0.326 e. The minimum atomic E-state index is -1.61. The van der Waals surface area contributed by atoms with Crippen molar-refractivity contribution in [3.05, 3.63) is 47.5 Å². The fraction of sp³-hybridized carbons (Fsp3) is 0.625. The molecule has 0 aromatic heterocycles. The van der Waals surface area contributed by atoms with E-state index in [4.69, 9.17) is 4.84 Å². The van der Waals surface area contributed by atoms with E-state index in [0.29, 0.717) is 31.4 Å². The zero-order valence-corrected chi connectivity index (χ0v) is 24.3. The Kier molecular flexibility index (Phi) is 8.35. The van der Waals surface area contributed by atoms with E-state index in [1.807, 2.05) is 31.2 Å². The van der Waals surface area contributed by atoms with Crippen LogP contribution in [0.15, 0.2) is 47.1 Å². The Morgan fingerprint density at radius 1 is 1.12 bits per heavy atom. The average molecular weight is 583 g/mol. The number of benzene rings is 1. The Labute approximate surface area is 245 Å². The van der Waals surface area contributed by atoms with Gasteiger partial charge in [0.15, 0.2) is 12.4 Å². The Balaban J connectivity index is 1.23. The Morgan fingerprint density at radius 2 is 1.86 bits per heavy atom. The van der Waals surface area contributed by atoms with Crippen LogP contribution in [0.4, 0.5) is 0 Å². The van der Waals surface area contributed by atoms with Gasteiger partial charge in [-0.25, -0.2) is 4.79 Å². The second kappa shape index (κ2) is 11.5. The molecule has 0 aliphatic heterocycles. The lowest BCUT2D eigenvalue weighted by Crippen LogP contribution is -2.62. The number of fused-ring (bicyclic) bond motifs is 5. The maximum atomic E-state index is 12.6. The van der Waals surface area contributed by atoms with Crippen LogP contribution in [0.5, 0.6) is 0 Å². The summed E-state index contributed by atoms with van der Waals surface area (Å²) in [6, 6.07) is 7.99. The number of carbonyl (C=O) groups excluding carboxylic acids is 2. The number of hydrogen-bond acceptors (Lipinski definition) is 8. The van der Waals surface area contributed by atoms with E-state index in [2.05, 4.69) is 17.4 Å². The molecule has 42 heavy (non-hydrogen) atoms. The third-order valence-corrected chi connectivity index (χ3v) is 11.0. The number of carboxylic acid groups (broad SMARTS) is 1. The highest BCUT2D eigenvalue weighted by molar-refractivity contribution is 5.96. The highest BCUT2D eigenvalue weighted by atomic mass is 16.6. The molecule has 8 atom stereocenters. The quantitative estimate of drug-likeness (QED) is 0.277. The van der Waals surface area contributed by atoms with Crippen LogP contribution in [0.1, 0.15) is 64.4 Å². The van der Waals surface area contributed by atoms with Crippen LogP contribution in [-0.4, -0.2) is 74.8 Å². The van der Waals surface area contributed by atoms with Crippen molar-refractivity contribution in [2.75, 3.05) is 13.2 Å². The number of Topliss-reactive ketones (excluding diaryl/α,β-unsaturated/α-hetero) is 1. The predicted molar refractivity (Wildman–Crippen MR) is 153 cm³/mol. The van der Waals surface area contributed by atoms with Crippen LogP contribution in [0.25, 0.3) is 0 Å². The number of hydrogen-bond donors (Lipinski definition) is 5. The summed E-state index contributed by atoms with van der Waals surface area (Å²) in [7, 11) is 0. The molecule has 0 saturated heterocycles. The van der Waals surface area contributed by atoms with Gasteiger partial charge >= 0.3 is 5.97 Å². The molecule has 0 heterocycles. The number of nitrogens with one attached hydrogen (secondary N) is 1. The standard InChI is InChI=1S/C32H42N2O8/c1-30-12-10-21(34-42-18-27(38)33-24(29(39)40)14-19-6-4-3-5-7-19)15-20(30)8-9-22-23-11-13-32(41,26(37)17-35)31(23,2)16-25(36)28(22)30/h3-7,15,22-25,28,35-36,41H,8-14,16-18H2,1-2H3,(H,33,38)(H,39,40)/t22-,23-,24-,25+,28+,30+,31+,32+/m1/s1. The molecule has 228 valence electrons. The van der Waals surface area contributed by atoms with Crippen molar-refractivity contribution < 1.29 is 39.6 Å². The number of carbonyl (C=O) groups is 3. The maximum absolute atomic E-state index is 12.6. The molecule has 0 spiro atoms. The summed E-state index contributed by atoms with van der Waals surface area (Å²) in [5.41, 5.74) is 0.0184. The van der Waals surface area contributed by atoms with Gasteiger partial charge in [-0.3, -0.25) is 9.59 Å². The number of oxime groups is 1. The van der Waals surface area contributed by atoms with Crippen LogP contribution in [0.3, 0.4) is 0 Å². The van der Waals surface area contributed by atoms with Crippen LogP contribution in [0, 0.1) is 28.6 Å². The van der Waals surface area contributed by atoms with Crippen molar-refractivity contribution >= 4 is 23.4 Å². The summed E-state index contributed by atoms with van der Waals surface area (Å²) in [6.07, 6.45) is 5.74. The van der Waals surface area contributed by atoms with Gasteiger partial charge in [-0.05, 0) is 79.8 Å². The summed E-state index contributed by atoms with van der Waals surface area (Å²) in [5, 5.41) is 48.7. The van der Waals surface area contributed by atoms with Gasteiger partial charge in [0.1, 0.15) is 18.2 Å². The number of amides is 1. The van der Waals surface area contributed by atoms with Crippen LogP contribution < -0.4 is 5.32 Å². The highest BCUT2D eigenvalue weighted by Gasteiger charge is 2.68. The molecule has 5 N–H and O–H groups in total. The first-order valence-electron chi connectivity index (χ1n) is 14.9. The van der Waals surface area contributed by atoms with Gasteiger partial charge in [-0.15, -0.1) is 0 Å². The first kappa shape index (κ1) is 30.4. The number of aliphatic hydroxyl groups excluding tert-OH is 2. The number of aliphatic hydroxyl groups is 3. The zero-order valence-electron chi connectivity index (χ0n) is 24.3. The van der Waals surface area contributed by atoms with E-state index in [-0.39, 0.29) is 29.6 Å². The second-order valence-electron chi connectivity index (χ2n) is 13.1. The molecule has 10 heteroatoms. The SMILES string of the molecule is C[C@]12CCC(=NOCC(=O)N[C@H](Cc3ccccc3)C(=O)O)C=C1CC[C@H]1[C@H]2[C@@H](O)C[C@@]2(C)[C@@H]1CC[C@]2(O)C(=O)CO. The van der Waals surface area contributed by atoms with Crippen molar-refractivity contribution in [3.63, 3.8) is 0 Å². The van der Waals surface area contributed by atoms with E-state index in [1.165, 1.54) is 5.57 Å². The summed E-state index contributed by atoms with van der Waals surface area (Å²) in [4.78, 5) is 42.0. The lowest BCUT2D eigenvalue weighted by molar-refractivity contribution is -0.181. The third-order valence-electron chi connectivity index (χ3n) is 11.0. The fourth-order valence-electron chi connectivity index (χ4n) is 8.82. The summed E-state index contributed by atoms with van der Waals surface area (Å²) >= 11 is 0. The molecule has 3 saturated carbocycles. The Hall–Kier alpha value is -3.08. The van der Waals surface area contributed by atoms with Gasteiger partial charge in [0, 0.05) is 11.8 Å². The largest absolute Gasteiger partial charge is 0.480 e. The molecule has 3 fully saturated rings. The average Bonchev–Trinajstić information content (AvgIpc) is 3.23. The molecule has 1 aromatic rings. The number of ketones is 1. The molecule has 0 radical (unpaired) electrons. The first-order valence-corrected chi connectivity index (χ1v) is 14.9. The Morgan fingerprint density at radius 3 is 2.55 bits per heavy atom. The van der Waals surface area contributed by atoms with Gasteiger partial charge in [0.2, 0.25) is 0 Å². The second-order valence-corrected chi connectivity index (χ2v) is 13.1. The van der Waals surface area contributed by atoms with E-state index in [0.717, 1.165) is 24.8 Å². The number of nitrogens with zero attached hydrogens (tertiary/aromatic N) is 1. The van der Waals surface area contributed by atoms with Crippen LogP contribution in [0.2, 0.25) is 0 Å². The maximum Gasteiger partial charge on any atom is 0.326 e. The van der Waals surface area contributed by atoms with Crippen molar-refractivity contribution in [1.29, 1.82) is 0 Å². The lowest BCUT2D eigenvalue weighted by Gasteiger charge is -2.60. The molecule has 4 aliphatic rings. The number of rotatable bonds is 9. The van der Waals surface area contributed by atoms with Gasteiger partial charge in [-0.2, -0.15) is 0 Å². The summed E-state index contributed by atoms with van der Waals surface area (Å²) in [5.74, 6) is -2.04. The molecule has 1 aromatic carbocycles.